The molecule has 0 aliphatic heterocycles. The third-order valence-corrected chi connectivity index (χ3v) is 5.74. The number of anilines is 1. The second kappa shape index (κ2) is 7.91. The monoisotopic (exact) mass is 356 g/mol. The lowest BCUT2D eigenvalue weighted by molar-refractivity contribution is 0.316. The highest BCUT2D eigenvalue weighted by molar-refractivity contribution is 7.24. The molecule has 1 aromatic carbocycles. The molecule has 0 saturated heterocycles. The Morgan fingerprint density at radius 1 is 1.24 bits per heavy atom. The fourth-order valence-electron chi connectivity index (χ4n) is 3.04. The molecule has 0 amide bonds. The van der Waals surface area contributed by atoms with Crippen LogP contribution in [-0.2, 0) is 6.54 Å². The second-order valence-electron chi connectivity index (χ2n) is 5.92. The van der Waals surface area contributed by atoms with Crippen molar-refractivity contribution in [1.82, 2.24) is 9.88 Å². The van der Waals surface area contributed by atoms with E-state index < -0.39 is 0 Å². The minimum Gasteiger partial charge on any atom is -0.383 e. The van der Waals surface area contributed by atoms with E-state index in [0.29, 0.717) is 17.4 Å². The molecule has 6 heteroatoms. The van der Waals surface area contributed by atoms with Gasteiger partial charge < -0.3 is 16.0 Å². The molecule has 2 heterocycles. The molecule has 0 atom stereocenters. The Bertz CT molecular complexity index is 934. The van der Waals surface area contributed by atoms with Crippen LogP contribution < -0.4 is 16.5 Å². The molecular formula is C19H24N4OS. The van der Waals surface area contributed by atoms with Crippen LogP contribution >= 0.6 is 11.3 Å². The topological polar surface area (TPSA) is 71.2 Å². The minimum absolute atomic E-state index is 0.0232. The Hall–Kier alpha value is -2.02. The van der Waals surface area contributed by atoms with E-state index in [4.69, 9.17) is 5.73 Å². The van der Waals surface area contributed by atoms with E-state index in [-0.39, 0.29) is 5.43 Å². The summed E-state index contributed by atoms with van der Waals surface area (Å²) in [6.07, 6.45) is 1.67. The molecule has 0 spiro atoms. The number of pyridine rings is 1. The van der Waals surface area contributed by atoms with Crippen LogP contribution in [0.2, 0.25) is 0 Å². The second-order valence-corrected chi connectivity index (χ2v) is 6.97. The number of hydrogen-bond donors (Lipinski definition) is 2. The average Bonchev–Trinajstić information content (AvgIpc) is 2.65. The quantitative estimate of drug-likeness (QED) is 0.637. The Kier molecular flexibility index (Phi) is 5.63. The summed E-state index contributed by atoms with van der Waals surface area (Å²) >= 11 is 1.59. The standard InChI is InChI=1S/C19H24N4OS/c1-3-23(4-2)11-10-21-14-8-7-13(12-20)19-16(14)18(24)17-15(25-19)6-5-9-22-17/h5-9,21H,3-4,10-12,20H2,1-2H3. The molecule has 0 radical (unpaired) electrons. The van der Waals surface area contributed by atoms with E-state index >= 15 is 0 Å². The van der Waals surface area contributed by atoms with Gasteiger partial charge in [-0.15, -0.1) is 11.3 Å². The van der Waals surface area contributed by atoms with E-state index in [2.05, 4.69) is 29.0 Å². The largest absolute Gasteiger partial charge is 0.383 e. The van der Waals surface area contributed by atoms with Crippen LogP contribution in [0.5, 0.6) is 0 Å². The van der Waals surface area contributed by atoms with Gasteiger partial charge in [-0.05, 0) is 36.9 Å². The van der Waals surface area contributed by atoms with Crippen molar-refractivity contribution in [3.05, 3.63) is 46.2 Å². The summed E-state index contributed by atoms with van der Waals surface area (Å²) in [7, 11) is 0. The maximum atomic E-state index is 13.0. The van der Waals surface area contributed by atoms with Crippen LogP contribution in [0.25, 0.3) is 20.3 Å². The van der Waals surface area contributed by atoms with Crippen molar-refractivity contribution >= 4 is 37.3 Å². The van der Waals surface area contributed by atoms with Crippen molar-refractivity contribution < 1.29 is 0 Å². The van der Waals surface area contributed by atoms with Gasteiger partial charge in [-0.25, -0.2) is 0 Å². The SMILES string of the molecule is CCN(CC)CCNc1ccc(CN)c2sc3cccnc3c(=O)c12. The van der Waals surface area contributed by atoms with Gasteiger partial charge in [0.1, 0.15) is 5.52 Å². The lowest BCUT2D eigenvalue weighted by atomic mass is 10.1. The number of rotatable bonds is 7. The van der Waals surface area contributed by atoms with Gasteiger partial charge in [0, 0.05) is 36.2 Å². The van der Waals surface area contributed by atoms with Gasteiger partial charge in [-0.3, -0.25) is 9.78 Å². The Balaban J connectivity index is 2.07. The van der Waals surface area contributed by atoms with Gasteiger partial charge >= 0.3 is 0 Å². The maximum Gasteiger partial charge on any atom is 0.216 e. The van der Waals surface area contributed by atoms with Crippen LogP contribution in [-0.4, -0.2) is 36.1 Å². The molecule has 0 saturated carbocycles. The lowest BCUT2D eigenvalue weighted by Crippen LogP contribution is -2.28. The summed E-state index contributed by atoms with van der Waals surface area (Å²) in [6, 6.07) is 7.78. The average molecular weight is 356 g/mol. The van der Waals surface area contributed by atoms with Crippen LogP contribution in [0.3, 0.4) is 0 Å². The van der Waals surface area contributed by atoms with Crippen LogP contribution in [0, 0.1) is 0 Å². The molecule has 5 nitrogen and oxygen atoms in total. The van der Waals surface area contributed by atoms with E-state index in [1.807, 2.05) is 24.3 Å². The van der Waals surface area contributed by atoms with Gasteiger partial charge in [0.05, 0.1) is 10.1 Å². The molecule has 0 fully saturated rings. The molecule has 2 aromatic heterocycles. The Morgan fingerprint density at radius 2 is 2.04 bits per heavy atom. The molecule has 0 unspecified atom stereocenters. The molecule has 0 bridgehead atoms. The summed E-state index contributed by atoms with van der Waals surface area (Å²) in [6.45, 7) is 8.51. The highest BCUT2D eigenvalue weighted by atomic mass is 32.1. The highest BCUT2D eigenvalue weighted by Crippen LogP contribution is 2.31. The zero-order chi connectivity index (χ0) is 17.8. The van der Waals surface area contributed by atoms with Crippen LogP contribution in [0.4, 0.5) is 5.69 Å². The number of nitrogens with two attached hydrogens (primary N) is 1. The van der Waals surface area contributed by atoms with Crippen molar-refractivity contribution in [3.63, 3.8) is 0 Å². The van der Waals surface area contributed by atoms with Gasteiger partial charge in [-0.1, -0.05) is 19.9 Å². The summed E-state index contributed by atoms with van der Waals surface area (Å²) < 4.78 is 1.86. The summed E-state index contributed by atoms with van der Waals surface area (Å²) in [5.41, 5.74) is 8.27. The zero-order valence-corrected chi connectivity index (χ0v) is 15.5. The number of nitrogens with zero attached hydrogens (tertiary/aromatic N) is 2. The molecule has 0 aliphatic carbocycles. The zero-order valence-electron chi connectivity index (χ0n) is 14.7. The van der Waals surface area contributed by atoms with E-state index in [1.165, 1.54) is 0 Å². The predicted molar refractivity (Wildman–Crippen MR) is 108 cm³/mol. The number of aromatic nitrogens is 1. The molecule has 3 N–H and O–H groups in total. The molecular weight excluding hydrogens is 332 g/mol. The lowest BCUT2D eigenvalue weighted by Gasteiger charge is -2.19. The van der Waals surface area contributed by atoms with Crippen LogP contribution in [0.1, 0.15) is 19.4 Å². The fraction of sp³-hybridized carbons (Fsp3) is 0.368. The third kappa shape index (κ3) is 3.51. The van der Waals surface area contributed by atoms with E-state index in [0.717, 1.165) is 46.8 Å². The summed E-state index contributed by atoms with van der Waals surface area (Å²) in [5.74, 6) is 0. The van der Waals surface area contributed by atoms with E-state index in [9.17, 15) is 4.79 Å². The van der Waals surface area contributed by atoms with Gasteiger partial charge in [0.2, 0.25) is 5.43 Å². The normalized spacial score (nSPS) is 11.5. The number of likely N-dealkylation sites (N-methyl/N-ethyl adjacent to an activating group) is 1. The molecule has 132 valence electrons. The third-order valence-electron chi connectivity index (χ3n) is 4.52. The number of hydrogen-bond acceptors (Lipinski definition) is 6. The molecule has 25 heavy (non-hydrogen) atoms. The van der Waals surface area contributed by atoms with Crippen molar-refractivity contribution in [2.24, 2.45) is 5.73 Å². The fourth-order valence-corrected chi connectivity index (χ4v) is 4.23. The molecule has 3 rings (SSSR count). The Labute approximate surface area is 151 Å². The summed E-state index contributed by atoms with van der Waals surface area (Å²) in [4.78, 5) is 19.7. The Morgan fingerprint density at radius 3 is 2.76 bits per heavy atom. The van der Waals surface area contributed by atoms with Gasteiger partial charge in [0.25, 0.3) is 0 Å². The van der Waals surface area contributed by atoms with Gasteiger partial charge in [-0.2, -0.15) is 0 Å². The van der Waals surface area contributed by atoms with Crippen molar-refractivity contribution in [1.29, 1.82) is 0 Å². The maximum absolute atomic E-state index is 13.0. The molecule has 3 aromatic rings. The van der Waals surface area contributed by atoms with Crippen molar-refractivity contribution in [2.75, 3.05) is 31.5 Å². The first-order valence-electron chi connectivity index (χ1n) is 8.69. The first-order chi connectivity index (χ1) is 12.2. The number of nitrogens with one attached hydrogen (secondary N) is 1. The smallest absolute Gasteiger partial charge is 0.216 e. The van der Waals surface area contributed by atoms with Crippen molar-refractivity contribution in [2.45, 2.75) is 20.4 Å². The summed E-state index contributed by atoms with van der Waals surface area (Å²) in [5, 5.41) is 4.15. The predicted octanol–water partition coefficient (Wildman–Crippen LogP) is 3.02. The first-order valence-corrected chi connectivity index (χ1v) is 9.50. The highest BCUT2D eigenvalue weighted by Gasteiger charge is 2.13. The number of benzene rings is 1. The number of fused-ring (bicyclic) bond motifs is 2. The molecule has 0 aliphatic rings. The van der Waals surface area contributed by atoms with Gasteiger partial charge in [0.15, 0.2) is 0 Å². The minimum atomic E-state index is -0.0232. The van der Waals surface area contributed by atoms with Crippen molar-refractivity contribution in [3.8, 4) is 0 Å². The van der Waals surface area contributed by atoms with Crippen LogP contribution in [0.15, 0.2) is 35.3 Å². The first kappa shape index (κ1) is 17.8. The van der Waals surface area contributed by atoms with E-state index in [1.54, 1.807) is 17.5 Å².